The summed E-state index contributed by atoms with van der Waals surface area (Å²) in [5.74, 6) is -1.65. The van der Waals surface area contributed by atoms with Gasteiger partial charge in [-0.1, -0.05) is 48.5 Å². The van der Waals surface area contributed by atoms with E-state index in [1.165, 1.54) is 51.4 Å². The lowest BCUT2D eigenvalue weighted by atomic mass is 10.1. The standard InChI is InChI=1S/C25H24N2O6S/c1-17(28)19-11-7-13-21(15-19)26-24(29)23(18-9-5-4-6-10-18)33-25(30)20-12-8-14-22(16-20)34(31,32)27(2)3/h4-16,23H,1-3H3,(H,26,29). The number of esters is 1. The van der Waals surface area contributed by atoms with Crippen molar-refractivity contribution in [3.05, 3.63) is 95.6 Å². The maximum absolute atomic E-state index is 13.1. The van der Waals surface area contributed by atoms with Crippen molar-refractivity contribution in [2.75, 3.05) is 19.4 Å². The SMILES string of the molecule is CC(=O)c1cccc(NC(=O)C(OC(=O)c2cccc(S(=O)(=O)N(C)C)c2)c2ccccc2)c1. The van der Waals surface area contributed by atoms with Crippen molar-refractivity contribution in [1.29, 1.82) is 0 Å². The summed E-state index contributed by atoms with van der Waals surface area (Å²) in [5.41, 5.74) is 1.20. The number of carbonyl (C=O) groups is 3. The molecule has 3 aromatic rings. The van der Waals surface area contributed by atoms with Gasteiger partial charge in [0, 0.05) is 30.9 Å². The van der Waals surface area contributed by atoms with Crippen molar-refractivity contribution < 1.29 is 27.5 Å². The van der Waals surface area contributed by atoms with E-state index in [1.807, 2.05) is 0 Å². The van der Waals surface area contributed by atoms with Crippen LogP contribution >= 0.6 is 0 Å². The molecular weight excluding hydrogens is 456 g/mol. The lowest BCUT2D eigenvalue weighted by Crippen LogP contribution is -2.26. The number of carbonyl (C=O) groups excluding carboxylic acids is 3. The average molecular weight is 481 g/mol. The maximum atomic E-state index is 13.1. The molecule has 0 heterocycles. The first-order chi connectivity index (χ1) is 16.1. The Hall–Kier alpha value is -3.82. The van der Waals surface area contributed by atoms with Gasteiger partial charge in [0.25, 0.3) is 5.91 Å². The average Bonchev–Trinajstić information content (AvgIpc) is 2.83. The topological polar surface area (TPSA) is 110 Å². The number of anilines is 1. The van der Waals surface area contributed by atoms with Crippen LogP contribution in [0.3, 0.4) is 0 Å². The Morgan fingerprint density at radius 1 is 0.853 bits per heavy atom. The molecule has 1 N–H and O–H groups in total. The van der Waals surface area contributed by atoms with E-state index in [1.54, 1.807) is 48.5 Å². The van der Waals surface area contributed by atoms with Gasteiger partial charge in [-0.05, 0) is 37.3 Å². The number of benzene rings is 3. The van der Waals surface area contributed by atoms with E-state index in [9.17, 15) is 22.8 Å². The molecule has 0 aliphatic heterocycles. The Morgan fingerprint density at radius 2 is 1.50 bits per heavy atom. The van der Waals surface area contributed by atoms with Crippen LogP contribution in [-0.4, -0.2) is 44.5 Å². The van der Waals surface area contributed by atoms with Crippen LogP contribution in [0.15, 0.2) is 83.8 Å². The molecule has 0 saturated carbocycles. The third-order valence-corrected chi connectivity index (χ3v) is 6.76. The normalized spacial score (nSPS) is 12.1. The second kappa shape index (κ2) is 10.4. The molecule has 0 saturated heterocycles. The highest BCUT2D eigenvalue weighted by molar-refractivity contribution is 7.89. The molecule has 3 rings (SSSR count). The van der Waals surface area contributed by atoms with Gasteiger partial charge < -0.3 is 10.1 Å². The zero-order valence-corrected chi connectivity index (χ0v) is 19.7. The highest BCUT2D eigenvalue weighted by Gasteiger charge is 2.27. The molecule has 1 amide bonds. The van der Waals surface area contributed by atoms with Gasteiger partial charge >= 0.3 is 5.97 Å². The van der Waals surface area contributed by atoms with Gasteiger partial charge in [0.1, 0.15) is 0 Å². The Morgan fingerprint density at radius 3 is 2.15 bits per heavy atom. The third-order valence-electron chi connectivity index (χ3n) is 4.95. The van der Waals surface area contributed by atoms with Gasteiger partial charge in [-0.2, -0.15) is 0 Å². The Labute approximate surface area is 198 Å². The number of nitrogens with one attached hydrogen (secondary N) is 1. The number of Topliss-reactive ketones (excluding diaryl/α,β-unsaturated/α-hetero) is 1. The summed E-state index contributed by atoms with van der Waals surface area (Å²) in [6, 6.07) is 20.2. The van der Waals surface area contributed by atoms with Gasteiger partial charge in [0.15, 0.2) is 5.78 Å². The first-order valence-corrected chi connectivity index (χ1v) is 11.7. The number of hydrogen-bond acceptors (Lipinski definition) is 6. The van der Waals surface area contributed by atoms with Crippen LogP contribution in [0.5, 0.6) is 0 Å². The summed E-state index contributed by atoms with van der Waals surface area (Å²) in [6.45, 7) is 1.42. The lowest BCUT2D eigenvalue weighted by Gasteiger charge is -2.19. The fourth-order valence-electron chi connectivity index (χ4n) is 3.09. The van der Waals surface area contributed by atoms with Crippen molar-refractivity contribution in [2.45, 2.75) is 17.9 Å². The number of sulfonamides is 1. The molecular formula is C25H24N2O6S. The van der Waals surface area contributed by atoms with Gasteiger partial charge in [0.2, 0.25) is 16.1 Å². The summed E-state index contributed by atoms with van der Waals surface area (Å²) in [7, 11) is -0.991. The molecule has 0 fully saturated rings. The van der Waals surface area contributed by atoms with Crippen molar-refractivity contribution >= 4 is 33.4 Å². The summed E-state index contributed by atoms with van der Waals surface area (Å²) in [6.07, 6.45) is -1.32. The summed E-state index contributed by atoms with van der Waals surface area (Å²) in [5, 5.41) is 2.67. The summed E-state index contributed by atoms with van der Waals surface area (Å²) in [4.78, 5) is 37.6. The summed E-state index contributed by atoms with van der Waals surface area (Å²) >= 11 is 0. The molecule has 3 aromatic carbocycles. The van der Waals surface area contributed by atoms with Crippen LogP contribution in [0.1, 0.15) is 39.3 Å². The lowest BCUT2D eigenvalue weighted by molar-refractivity contribution is -0.125. The van der Waals surface area contributed by atoms with Crippen molar-refractivity contribution in [1.82, 2.24) is 4.31 Å². The van der Waals surface area contributed by atoms with E-state index in [2.05, 4.69) is 5.32 Å². The molecule has 0 radical (unpaired) electrons. The Balaban J connectivity index is 1.89. The first kappa shape index (κ1) is 24.8. The van der Waals surface area contributed by atoms with E-state index in [0.717, 1.165) is 4.31 Å². The van der Waals surface area contributed by atoms with Crippen LogP contribution in [0.25, 0.3) is 0 Å². The first-order valence-electron chi connectivity index (χ1n) is 10.3. The highest BCUT2D eigenvalue weighted by atomic mass is 32.2. The van der Waals surface area contributed by atoms with Crippen molar-refractivity contribution in [2.24, 2.45) is 0 Å². The molecule has 34 heavy (non-hydrogen) atoms. The van der Waals surface area contributed by atoms with E-state index in [4.69, 9.17) is 4.74 Å². The molecule has 0 aliphatic rings. The van der Waals surface area contributed by atoms with Crippen LogP contribution in [0.4, 0.5) is 5.69 Å². The number of nitrogens with zero attached hydrogens (tertiary/aromatic N) is 1. The molecule has 1 unspecified atom stereocenters. The molecule has 8 nitrogen and oxygen atoms in total. The molecule has 176 valence electrons. The van der Waals surface area contributed by atoms with E-state index >= 15 is 0 Å². The zero-order chi connectivity index (χ0) is 24.9. The molecule has 0 spiro atoms. The van der Waals surface area contributed by atoms with Gasteiger partial charge in [-0.15, -0.1) is 0 Å². The Kier molecular flexibility index (Phi) is 7.60. The third kappa shape index (κ3) is 5.75. The molecule has 9 heteroatoms. The zero-order valence-electron chi connectivity index (χ0n) is 18.9. The Bertz CT molecular complexity index is 1320. The number of ether oxygens (including phenoxy) is 1. The van der Waals surface area contributed by atoms with E-state index < -0.39 is 28.0 Å². The molecule has 0 bridgehead atoms. The molecule has 1 atom stereocenters. The predicted octanol–water partition coefficient (Wildman–Crippen LogP) is 3.68. The van der Waals surface area contributed by atoms with Crippen LogP contribution < -0.4 is 5.32 Å². The van der Waals surface area contributed by atoms with Crippen LogP contribution in [0, 0.1) is 0 Å². The number of ketones is 1. The van der Waals surface area contributed by atoms with Crippen molar-refractivity contribution in [3.8, 4) is 0 Å². The van der Waals surface area contributed by atoms with Gasteiger partial charge in [-0.3, -0.25) is 9.59 Å². The molecule has 0 aromatic heterocycles. The minimum absolute atomic E-state index is 0.0183. The largest absolute Gasteiger partial charge is 0.444 e. The maximum Gasteiger partial charge on any atom is 0.339 e. The monoisotopic (exact) mass is 480 g/mol. The predicted molar refractivity (Wildman–Crippen MR) is 127 cm³/mol. The van der Waals surface area contributed by atoms with Crippen LogP contribution in [-0.2, 0) is 19.6 Å². The minimum Gasteiger partial charge on any atom is -0.444 e. The van der Waals surface area contributed by atoms with Gasteiger partial charge in [-0.25, -0.2) is 17.5 Å². The fraction of sp³-hybridized carbons (Fsp3) is 0.160. The smallest absolute Gasteiger partial charge is 0.339 e. The minimum atomic E-state index is -3.76. The number of rotatable bonds is 8. The number of hydrogen-bond donors (Lipinski definition) is 1. The van der Waals surface area contributed by atoms with Crippen LogP contribution in [0.2, 0.25) is 0 Å². The second-order valence-electron chi connectivity index (χ2n) is 7.64. The molecule has 0 aliphatic carbocycles. The van der Waals surface area contributed by atoms with Gasteiger partial charge in [0.05, 0.1) is 10.5 Å². The number of amides is 1. The quantitative estimate of drug-likeness (QED) is 0.389. The highest BCUT2D eigenvalue weighted by Crippen LogP contribution is 2.23. The van der Waals surface area contributed by atoms with E-state index in [-0.39, 0.29) is 16.2 Å². The second-order valence-corrected chi connectivity index (χ2v) is 9.79. The van der Waals surface area contributed by atoms with Crippen molar-refractivity contribution in [3.63, 3.8) is 0 Å². The van der Waals surface area contributed by atoms with E-state index in [0.29, 0.717) is 16.8 Å². The fourth-order valence-corrected chi connectivity index (χ4v) is 4.04. The summed E-state index contributed by atoms with van der Waals surface area (Å²) < 4.78 is 31.4.